The number of aromatic nitrogens is 1. The van der Waals surface area contributed by atoms with Crippen molar-refractivity contribution in [3.8, 4) is 0 Å². The minimum absolute atomic E-state index is 0.199. The standard InChI is InChI=1S/C13H12N2OS2/c1-18-10-5-2-4-9(8-10)15-12(16)11-6-3-7-14-13(11)17/h2-8H,1H3,(H,14,17)(H,15,16). The molecule has 1 aromatic carbocycles. The lowest BCUT2D eigenvalue weighted by atomic mass is 10.2. The number of nitrogens with one attached hydrogen (secondary N) is 2. The van der Waals surface area contributed by atoms with Gasteiger partial charge in [0.2, 0.25) is 0 Å². The SMILES string of the molecule is CSc1cccc(NC(=O)c2ccc[nH]c2=S)c1. The van der Waals surface area contributed by atoms with Crippen molar-refractivity contribution in [2.24, 2.45) is 0 Å². The first-order chi connectivity index (χ1) is 8.70. The summed E-state index contributed by atoms with van der Waals surface area (Å²) in [5.74, 6) is -0.199. The molecule has 0 spiro atoms. The molecule has 1 amide bonds. The summed E-state index contributed by atoms with van der Waals surface area (Å²) in [4.78, 5) is 16.0. The molecule has 0 bridgehead atoms. The van der Waals surface area contributed by atoms with E-state index in [2.05, 4.69) is 10.3 Å². The van der Waals surface area contributed by atoms with Crippen LogP contribution in [0.5, 0.6) is 0 Å². The lowest BCUT2D eigenvalue weighted by molar-refractivity contribution is 0.102. The van der Waals surface area contributed by atoms with E-state index in [0.717, 1.165) is 10.6 Å². The number of amides is 1. The first-order valence-corrected chi connectivity index (χ1v) is 6.97. The van der Waals surface area contributed by atoms with E-state index in [0.29, 0.717) is 10.2 Å². The summed E-state index contributed by atoms with van der Waals surface area (Å²) in [5, 5.41) is 2.83. The van der Waals surface area contributed by atoms with E-state index in [1.165, 1.54) is 0 Å². The molecule has 2 aromatic rings. The van der Waals surface area contributed by atoms with E-state index in [1.807, 2.05) is 30.5 Å². The zero-order valence-corrected chi connectivity index (χ0v) is 11.4. The van der Waals surface area contributed by atoms with Crippen molar-refractivity contribution in [2.45, 2.75) is 4.90 Å². The van der Waals surface area contributed by atoms with Crippen LogP contribution in [-0.4, -0.2) is 17.1 Å². The number of carbonyl (C=O) groups is 1. The van der Waals surface area contributed by atoms with Gasteiger partial charge in [0.1, 0.15) is 4.64 Å². The number of pyridine rings is 1. The van der Waals surface area contributed by atoms with Crippen LogP contribution in [0.4, 0.5) is 5.69 Å². The number of hydrogen-bond donors (Lipinski definition) is 2. The van der Waals surface area contributed by atoms with Crippen LogP contribution in [0.15, 0.2) is 47.5 Å². The molecular weight excluding hydrogens is 264 g/mol. The fourth-order valence-corrected chi connectivity index (χ4v) is 2.19. The molecule has 0 unspecified atom stereocenters. The zero-order valence-electron chi connectivity index (χ0n) is 9.77. The molecule has 18 heavy (non-hydrogen) atoms. The minimum Gasteiger partial charge on any atom is -0.352 e. The van der Waals surface area contributed by atoms with Crippen LogP contribution in [0.3, 0.4) is 0 Å². The van der Waals surface area contributed by atoms with Crippen LogP contribution in [-0.2, 0) is 0 Å². The Balaban J connectivity index is 2.21. The van der Waals surface area contributed by atoms with Crippen molar-refractivity contribution in [3.63, 3.8) is 0 Å². The van der Waals surface area contributed by atoms with Crippen molar-refractivity contribution in [1.29, 1.82) is 0 Å². The van der Waals surface area contributed by atoms with Crippen molar-refractivity contribution < 1.29 is 4.79 Å². The summed E-state index contributed by atoms with van der Waals surface area (Å²) in [6, 6.07) is 11.1. The number of rotatable bonds is 3. The maximum Gasteiger partial charge on any atom is 0.258 e. The first kappa shape index (κ1) is 12.9. The fourth-order valence-electron chi connectivity index (χ4n) is 1.50. The van der Waals surface area contributed by atoms with Crippen molar-refractivity contribution >= 4 is 35.6 Å². The minimum atomic E-state index is -0.199. The third-order valence-electron chi connectivity index (χ3n) is 2.39. The molecule has 2 rings (SSSR count). The Kier molecular flexibility index (Phi) is 4.17. The summed E-state index contributed by atoms with van der Waals surface area (Å²) in [7, 11) is 0. The third-order valence-corrected chi connectivity index (χ3v) is 3.45. The maximum absolute atomic E-state index is 12.0. The largest absolute Gasteiger partial charge is 0.352 e. The normalized spacial score (nSPS) is 10.1. The summed E-state index contributed by atoms with van der Waals surface area (Å²) in [5.41, 5.74) is 1.24. The highest BCUT2D eigenvalue weighted by molar-refractivity contribution is 7.98. The number of hydrogen-bond acceptors (Lipinski definition) is 3. The van der Waals surface area contributed by atoms with Crippen molar-refractivity contribution in [3.05, 3.63) is 52.8 Å². The summed E-state index contributed by atoms with van der Waals surface area (Å²) >= 11 is 6.70. The van der Waals surface area contributed by atoms with Crippen LogP contribution >= 0.6 is 24.0 Å². The predicted molar refractivity (Wildman–Crippen MR) is 77.8 cm³/mol. The molecule has 0 saturated carbocycles. The smallest absolute Gasteiger partial charge is 0.258 e. The first-order valence-electron chi connectivity index (χ1n) is 5.34. The zero-order chi connectivity index (χ0) is 13.0. The molecule has 0 fully saturated rings. The van der Waals surface area contributed by atoms with E-state index < -0.39 is 0 Å². The van der Waals surface area contributed by atoms with Gasteiger partial charge in [-0.15, -0.1) is 11.8 Å². The summed E-state index contributed by atoms with van der Waals surface area (Å²) < 4.78 is 0.441. The Labute approximate surface area is 115 Å². The van der Waals surface area contributed by atoms with Gasteiger partial charge in [0.15, 0.2) is 0 Å². The molecule has 92 valence electrons. The maximum atomic E-state index is 12.0. The molecule has 1 heterocycles. The molecule has 0 saturated heterocycles. The predicted octanol–water partition coefficient (Wildman–Crippen LogP) is 3.72. The van der Waals surface area contributed by atoms with E-state index in [9.17, 15) is 4.79 Å². The monoisotopic (exact) mass is 276 g/mol. The lowest BCUT2D eigenvalue weighted by Crippen LogP contribution is -2.12. The van der Waals surface area contributed by atoms with Gasteiger partial charge in [-0.2, -0.15) is 0 Å². The lowest BCUT2D eigenvalue weighted by Gasteiger charge is -2.06. The van der Waals surface area contributed by atoms with Gasteiger partial charge in [-0.05, 0) is 36.6 Å². The topological polar surface area (TPSA) is 44.9 Å². The highest BCUT2D eigenvalue weighted by Crippen LogP contribution is 2.19. The molecule has 1 aromatic heterocycles. The highest BCUT2D eigenvalue weighted by atomic mass is 32.2. The number of thioether (sulfide) groups is 1. The van der Waals surface area contributed by atoms with Crippen LogP contribution in [0.2, 0.25) is 0 Å². The quantitative estimate of drug-likeness (QED) is 0.663. The van der Waals surface area contributed by atoms with Crippen LogP contribution in [0.25, 0.3) is 0 Å². The number of benzene rings is 1. The second kappa shape index (κ2) is 5.84. The second-order valence-corrected chi connectivity index (χ2v) is 4.89. The van der Waals surface area contributed by atoms with E-state index in [1.54, 1.807) is 30.1 Å². The molecular formula is C13H12N2OS2. The van der Waals surface area contributed by atoms with E-state index in [4.69, 9.17) is 12.2 Å². The Morgan fingerprint density at radius 2 is 2.17 bits per heavy atom. The highest BCUT2D eigenvalue weighted by Gasteiger charge is 2.07. The number of H-pyrrole nitrogens is 1. The van der Waals surface area contributed by atoms with Gasteiger partial charge in [-0.25, -0.2) is 0 Å². The Morgan fingerprint density at radius 3 is 2.89 bits per heavy atom. The number of carbonyl (C=O) groups excluding carboxylic acids is 1. The average molecular weight is 276 g/mol. The molecule has 2 N–H and O–H groups in total. The van der Waals surface area contributed by atoms with Crippen LogP contribution in [0.1, 0.15) is 10.4 Å². The van der Waals surface area contributed by atoms with Gasteiger partial charge >= 0.3 is 0 Å². The van der Waals surface area contributed by atoms with Crippen molar-refractivity contribution in [1.82, 2.24) is 4.98 Å². The average Bonchev–Trinajstić information content (AvgIpc) is 2.39. The van der Waals surface area contributed by atoms with Crippen LogP contribution < -0.4 is 5.32 Å². The second-order valence-electron chi connectivity index (χ2n) is 3.60. The molecule has 5 heteroatoms. The molecule has 0 aliphatic heterocycles. The van der Waals surface area contributed by atoms with Gasteiger partial charge in [0.25, 0.3) is 5.91 Å². The molecule has 0 radical (unpaired) electrons. The Hall–Kier alpha value is -1.59. The molecule has 0 atom stereocenters. The van der Waals surface area contributed by atoms with Gasteiger partial charge < -0.3 is 10.3 Å². The molecule has 0 aliphatic carbocycles. The van der Waals surface area contributed by atoms with E-state index >= 15 is 0 Å². The molecule has 0 aliphatic rings. The summed E-state index contributed by atoms with van der Waals surface area (Å²) in [6.45, 7) is 0. The third kappa shape index (κ3) is 3.00. The van der Waals surface area contributed by atoms with Crippen molar-refractivity contribution in [2.75, 3.05) is 11.6 Å². The summed E-state index contributed by atoms with van der Waals surface area (Å²) in [6.07, 6.45) is 3.70. The van der Waals surface area contributed by atoms with E-state index in [-0.39, 0.29) is 5.91 Å². The Bertz CT molecular complexity index is 622. The Morgan fingerprint density at radius 1 is 1.33 bits per heavy atom. The van der Waals surface area contributed by atoms with Gasteiger partial charge in [-0.3, -0.25) is 4.79 Å². The van der Waals surface area contributed by atoms with Gasteiger partial charge in [-0.1, -0.05) is 18.3 Å². The van der Waals surface area contributed by atoms with Gasteiger partial charge in [0.05, 0.1) is 5.56 Å². The fraction of sp³-hybridized carbons (Fsp3) is 0.0769. The number of aromatic amines is 1. The van der Waals surface area contributed by atoms with Gasteiger partial charge in [0, 0.05) is 16.8 Å². The molecule has 3 nitrogen and oxygen atoms in total. The van der Waals surface area contributed by atoms with Crippen LogP contribution in [0, 0.1) is 4.64 Å². The number of anilines is 1.